The van der Waals surface area contributed by atoms with Gasteiger partial charge in [0.1, 0.15) is 11.3 Å². The first-order valence-electron chi connectivity index (χ1n) is 12.9. The molecule has 2 fully saturated rings. The monoisotopic (exact) mass is 510 g/mol. The van der Waals surface area contributed by atoms with E-state index in [9.17, 15) is 13.2 Å². The minimum absolute atomic E-state index is 0.145. The average molecular weight is 511 g/mol. The summed E-state index contributed by atoms with van der Waals surface area (Å²) in [6.45, 7) is 5.61. The zero-order valence-electron chi connectivity index (χ0n) is 20.7. The van der Waals surface area contributed by atoms with Crippen molar-refractivity contribution in [2.45, 2.75) is 56.4 Å². The van der Waals surface area contributed by atoms with Crippen LogP contribution in [0.2, 0.25) is 0 Å². The third-order valence-corrected chi connectivity index (χ3v) is 9.20. The topological polar surface area (TPSA) is 111 Å². The lowest BCUT2D eigenvalue weighted by molar-refractivity contribution is -0.121. The Kier molecular flexibility index (Phi) is 7.36. The van der Waals surface area contributed by atoms with Crippen molar-refractivity contribution in [2.24, 2.45) is 0 Å². The summed E-state index contributed by atoms with van der Waals surface area (Å²) in [7, 11) is -3.50. The molecule has 0 radical (unpaired) electrons. The quantitative estimate of drug-likeness (QED) is 0.506. The second kappa shape index (κ2) is 10.7. The number of imidazole rings is 1. The van der Waals surface area contributed by atoms with Crippen LogP contribution in [0.4, 0.5) is 0 Å². The van der Waals surface area contributed by atoms with Crippen LogP contribution in [0.1, 0.15) is 44.9 Å². The number of nitrogens with one attached hydrogen (secondary N) is 2. The van der Waals surface area contributed by atoms with Gasteiger partial charge >= 0.3 is 0 Å². The highest BCUT2D eigenvalue weighted by Gasteiger charge is 2.28. The maximum absolute atomic E-state index is 13.1. The standard InChI is InChI=1S/C26H34N6O3S/c1-2-31-13-15-32(16-14-31)36(34,35)22-10-7-19(8-11-22)20-17-23-26(27-18-20)30-24(29-23)12-9-21-5-3-4-6-25(33)28-21/h7-8,10-11,17-18,21H,2-6,9,12-16H2,1H3,(H,28,33)(H,27,29,30). The predicted octanol–water partition coefficient (Wildman–Crippen LogP) is 2.94. The van der Waals surface area contributed by atoms with E-state index < -0.39 is 10.0 Å². The van der Waals surface area contributed by atoms with Crippen LogP contribution in [-0.4, -0.2) is 77.2 Å². The molecule has 2 aromatic heterocycles. The zero-order chi connectivity index (χ0) is 25.1. The largest absolute Gasteiger partial charge is 0.353 e. The molecule has 0 aliphatic carbocycles. The lowest BCUT2D eigenvalue weighted by atomic mass is 10.1. The average Bonchev–Trinajstić information content (AvgIpc) is 3.20. The number of aromatic amines is 1. The first-order chi connectivity index (χ1) is 17.4. The lowest BCUT2D eigenvalue weighted by Crippen LogP contribution is -2.48. The van der Waals surface area contributed by atoms with E-state index in [2.05, 4.69) is 27.1 Å². The normalized spacial score (nSPS) is 20.4. The van der Waals surface area contributed by atoms with E-state index in [-0.39, 0.29) is 11.9 Å². The van der Waals surface area contributed by atoms with Crippen molar-refractivity contribution in [1.82, 2.24) is 29.5 Å². The summed E-state index contributed by atoms with van der Waals surface area (Å²) in [6.07, 6.45) is 7.04. The van der Waals surface area contributed by atoms with Crippen LogP contribution in [0.3, 0.4) is 0 Å². The van der Waals surface area contributed by atoms with Crippen LogP contribution in [-0.2, 0) is 21.2 Å². The van der Waals surface area contributed by atoms with Gasteiger partial charge in [0.05, 0.1) is 4.90 Å². The molecule has 192 valence electrons. The maximum Gasteiger partial charge on any atom is 0.243 e. The molecule has 2 saturated heterocycles. The van der Waals surface area contributed by atoms with Crippen molar-refractivity contribution in [2.75, 3.05) is 32.7 Å². The summed E-state index contributed by atoms with van der Waals surface area (Å²) in [6, 6.07) is 9.20. The zero-order valence-corrected chi connectivity index (χ0v) is 21.6. The van der Waals surface area contributed by atoms with Gasteiger partial charge in [-0.25, -0.2) is 18.4 Å². The fourth-order valence-corrected chi connectivity index (χ4v) is 6.47. The maximum atomic E-state index is 13.1. The molecule has 1 atom stereocenters. The molecule has 2 aliphatic heterocycles. The smallest absolute Gasteiger partial charge is 0.243 e. The Morgan fingerprint density at radius 3 is 2.58 bits per heavy atom. The summed E-state index contributed by atoms with van der Waals surface area (Å²) in [4.78, 5) is 26.9. The number of nitrogens with zero attached hydrogens (tertiary/aromatic N) is 4. The Morgan fingerprint density at radius 2 is 1.83 bits per heavy atom. The number of amides is 1. The van der Waals surface area contributed by atoms with Gasteiger partial charge in [0.25, 0.3) is 0 Å². The number of hydrogen-bond donors (Lipinski definition) is 2. The van der Waals surface area contributed by atoms with E-state index in [1.807, 2.05) is 18.2 Å². The van der Waals surface area contributed by atoms with E-state index in [1.165, 1.54) is 0 Å². The first-order valence-corrected chi connectivity index (χ1v) is 14.3. The SMILES string of the molecule is CCN1CCN(S(=O)(=O)c2ccc(-c3cnc4[nH]c(CCC5CCCCC(=O)N5)nc4c3)cc2)CC1. The van der Waals surface area contributed by atoms with Gasteiger partial charge in [-0.05, 0) is 49.6 Å². The molecule has 2 aliphatic rings. The number of hydrogen-bond acceptors (Lipinski definition) is 6. The van der Waals surface area contributed by atoms with Crippen molar-refractivity contribution in [3.8, 4) is 11.1 Å². The minimum atomic E-state index is -3.50. The van der Waals surface area contributed by atoms with Gasteiger partial charge in [-0.3, -0.25) is 4.79 Å². The molecule has 1 aromatic carbocycles. The van der Waals surface area contributed by atoms with Gasteiger partial charge in [-0.2, -0.15) is 4.31 Å². The van der Waals surface area contributed by atoms with E-state index in [1.54, 1.807) is 22.6 Å². The molecule has 9 nitrogen and oxygen atoms in total. The Bertz CT molecular complexity index is 1310. The fraction of sp³-hybridized carbons (Fsp3) is 0.500. The molecule has 36 heavy (non-hydrogen) atoms. The highest BCUT2D eigenvalue weighted by molar-refractivity contribution is 7.89. The Balaban J connectivity index is 1.26. The number of fused-ring (bicyclic) bond motifs is 1. The fourth-order valence-electron chi connectivity index (χ4n) is 5.05. The Labute approximate surface area is 212 Å². The summed E-state index contributed by atoms with van der Waals surface area (Å²) in [5.41, 5.74) is 3.28. The number of H-pyrrole nitrogens is 1. The molecule has 5 rings (SSSR count). The van der Waals surface area contributed by atoms with E-state index in [0.29, 0.717) is 24.4 Å². The summed E-state index contributed by atoms with van der Waals surface area (Å²) >= 11 is 0. The molecule has 1 amide bonds. The summed E-state index contributed by atoms with van der Waals surface area (Å²) in [5.74, 6) is 1.00. The van der Waals surface area contributed by atoms with Crippen LogP contribution in [0.5, 0.6) is 0 Å². The molecule has 10 heteroatoms. The number of piperazine rings is 1. The van der Waals surface area contributed by atoms with Gasteiger partial charge in [-0.15, -0.1) is 0 Å². The number of rotatable bonds is 7. The molecule has 1 unspecified atom stereocenters. The third kappa shape index (κ3) is 5.45. The van der Waals surface area contributed by atoms with Gasteiger partial charge in [0, 0.05) is 56.8 Å². The number of likely N-dealkylation sites (N-methyl/N-ethyl adjacent to an activating group) is 1. The van der Waals surface area contributed by atoms with E-state index in [0.717, 1.165) is 79.9 Å². The van der Waals surface area contributed by atoms with E-state index in [4.69, 9.17) is 4.98 Å². The molecular formula is C26H34N6O3S. The van der Waals surface area contributed by atoms with Crippen LogP contribution < -0.4 is 5.32 Å². The van der Waals surface area contributed by atoms with Crippen LogP contribution in [0, 0.1) is 0 Å². The number of pyridine rings is 1. The minimum Gasteiger partial charge on any atom is -0.353 e. The number of aromatic nitrogens is 3. The summed E-state index contributed by atoms with van der Waals surface area (Å²) < 4.78 is 27.7. The van der Waals surface area contributed by atoms with Gasteiger partial charge in [0.2, 0.25) is 15.9 Å². The highest BCUT2D eigenvalue weighted by Crippen LogP contribution is 2.25. The van der Waals surface area contributed by atoms with Crippen molar-refractivity contribution in [3.63, 3.8) is 0 Å². The van der Waals surface area contributed by atoms with Gasteiger partial charge in [-0.1, -0.05) is 25.5 Å². The molecule has 0 spiro atoms. The lowest BCUT2D eigenvalue weighted by Gasteiger charge is -2.33. The number of aryl methyl sites for hydroxylation is 1. The van der Waals surface area contributed by atoms with Crippen molar-refractivity contribution >= 4 is 27.1 Å². The molecule has 2 N–H and O–H groups in total. The van der Waals surface area contributed by atoms with Crippen LogP contribution in [0.15, 0.2) is 41.4 Å². The van der Waals surface area contributed by atoms with Crippen LogP contribution in [0.25, 0.3) is 22.3 Å². The second-order valence-corrected chi connectivity index (χ2v) is 11.6. The van der Waals surface area contributed by atoms with Gasteiger partial charge < -0.3 is 15.2 Å². The van der Waals surface area contributed by atoms with Crippen molar-refractivity contribution in [1.29, 1.82) is 0 Å². The van der Waals surface area contributed by atoms with Crippen molar-refractivity contribution in [3.05, 3.63) is 42.4 Å². The van der Waals surface area contributed by atoms with Crippen LogP contribution >= 0.6 is 0 Å². The first kappa shape index (κ1) is 24.9. The Hall–Kier alpha value is -2.82. The third-order valence-electron chi connectivity index (χ3n) is 7.29. The number of carbonyl (C=O) groups is 1. The molecule has 3 aromatic rings. The highest BCUT2D eigenvalue weighted by atomic mass is 32.2. The van der Waals surface area contributed by atoms with Crippen molar-refractivity contribution < 1.29 is 13.2 Å². The predicted molar refractivity (Wildman–Crippen MR) is 139 cm³/mol. The molecule has 0 saturated carbocycles. The Morgan fingerprint density at radius 1 is 1.06 bits per heavy atom. The molecule has 0 bridgehead atoms. The summed E-state index contributed by atoms with van der Waals surface area (Å²) in [5, 5.41) is 3.11. The van der Waals surface area contributed by atoms with Gasteiger partial charge in [0.15, 0.2) is 5.65 Å². The number of sulfonamides is 1. The molecular weight excluding hydrogens is 476 g/mol. The van der Waals surface area contributed by atoms with E-state index >= 15 is 0 Å². The second-order valence-electron chi connectivity index (χ2n) is 9.69. The number of benzene rings is 1. The molecule has 4 heterocycles. The number of carbonyl (C=O) groups excluding carboxylic acids is 1.